The summed E-state index contributed by atoms with van der Waals surface area (Å²) in [7, 11) is 1.83. The molecule has 3 aromatic rings. The molecule has 0 unspecified atom stereocenters. The van der Waals surface area contributed by atoms with Gasteiger partial charge in [-0.05, 0) is 56.0 Å². The van der Waals surface area contributed by atoms with Crippen LogP contribution in [0.4, 0.5) is 30.4 Å². The lowest BCUT2D eigenvalue weighted by Gasteiger charge is -2.37. The minimum atomic E-state index is -4.39. The molecule has 2 aromatic carbocycles. The van der Waals surface area contributed by atoms with Crippen LogP contribution in [0.5, 0.6) is 0 Å². The first-order valence-electron chi connectivity index (χ1n) is 13.4. The number of carbonyl (C=O) groups excluding carboxylic acids is 1. The van der Waals surface area contributed by atoms with Gasteiger partial charge in [0.15, 0.2) is 0 Å². The summed E-state index contributed by atoms with van der Waals surface area (Å²) in [5.41, 5.74) is 2.22. The molecule has 0 saturated carbocycles. The Bertz CT molecular complexity index is 1380. The van der Waals surface area contributed by atoms with Crippen molar-refractivity contribution < 1.29 is 22.9 Å². The van der Waals surface area contributed by atoms with E-state index >= 15 is 0 Å². The highest BCUT2D eigenvalue weighted by Gasteiger charge is 2.32. The molecule has 1 aliphatic heterocycles. The zero-order valence-electron chi connectivity index (χ0n) is 22.2. The number of nitro benzene ring substituents is 1. The summed E-state index contributed by atoms with van der Waals surface area (Å²) in [6.07, 6.45) is -0.625. The largest absolute Gasteiger partial charge is 0.416 e. The van der Waals surface area contributed by atoms with Crippen molar-refractivity contribution in [1.29, 1.82) is 0 Å². The molecule has 1 amide bonds. The second-order valence-electron chi connectivity index (χ2n) is 10.2. The van der Waals surface area contributed by atoms with E-state index in [1.54, 1.807) is 15.6 Å². The van der Waals surface area contributed by atoms with Crippen molar-refractivity contribution in [2.24, 2.45) is 7.05 Å². The maximum Gasteiger partial charge on any atom is 0.416 e. The minimum Gasteiger partial charge on any atom is -0.369 e. The normalized spacial score (nSPS) is 16.1. The van der Waals surface area contributed by atoms with Gasteiger partial charge in [-0.15, -0.1) is 0 Å². The van der Waals surface area contributed by atoms with Gasteiger partial charge in [-0.25, -0.2) is 0 Å². The van der Waals surface area contributed by atoms with E-state index in [9.17, 15) is 28.1 Å². The number of piperazine rings is 1. The van der Waals surface area contributed by atoms with Crippen LogP contribution in [-0.2, 0) is 26.1 Å². The van der Waals surface area contributed by atoms with Crippen LogP contribution in [0.15, 0.2) is 48.5 Å². The lowest BCUT2D eigenvalue weighted by atomic mass is 9.97. The van der Waals surface area contributed by atoms with Crippen LogP contribution < -0.4 is 9.80 Å². The van der Waals surface area contributed by atoms with Gasteiger partial charge in [-0.2, -0.15) is 18.3 Å². The first-order chi connectivity index (χ1) is 19.1. The summed E-state index contributed by atoms with van der Waals surface area (Å²) >= 11 is 0. The number of hydrogen-bond donors (Lipinski definition) is 0. The van der Waals surface area contributed by atoms with E-state index in [4.69, 9.17) is 0 Å². The minimum absolute atomic E-state index is 0.0837. The van der Waals surface area contributed by atoms with E-state index in [2.05, 4.69) is 10.00 Å². The van der Waals surface area contributed by atoms with E-state index in [1.807, 2.05) is 11.9 Å². The molecule has 1 fully saturated rings. The zero-order chi connectivity index (χ0) is 28.4. The van der Waals surface area contributed by atoms with Crippen molar-refractivity contribution in [2.75, 3.05) is 49.1 Å². The Kier molecular flexibility index (Phi) is 7.79. The van der Waals surface area contributed by atoms with E-state index in [0.717, 1.165) is 48.8 Å². The van der Waals surface area contributed by atoms with Crippen molar-refractivity contribution in [3.63, 3.8) is 0 Å². The molecule has 2 heterocycles. The Hall–Kier alpha value is -3.93. The van der Waals surface area contributed by atoms with Crippen LogP contribution in [0.1, 0.15) is 40.0 Å². The Morgan fingerprint density at radius 2 is 1.75 bits per heavy atom. The fourth-order valence-electron chi connectivity index (χ4n) is 5.54. The van der Waals surface area contributed by atoms with Crippen LogP contribution in [0.25, 0.3) is 0 Å². The number of amides is 1. The molecule has 9 nitrogen and oxygen atoms in total. The average molecular weight is 557 g/mol. The van der Waals surface area contributed by atoms with Crippen molar-refractivity contribution in [1.82, 2.24) is 14.7 Å². The molecule has 0 radical (unpaired) electrons. The van der Waals surface area contributed by atoms with Crippen LogP contribution >= 0.6 is 0 Å². The number of halogens is 3. The second-order valence-corrected chi connectivity index (χ2v) is 10.2. The highest BCUT2D eigenvalue weighted by atomic mass is 19.4. The molecule has 0 atom stereocenters. The summed E-state index contributed by atoms with van der Waals surface area (Å²) in [6, 6.07) is 11.0. The lowest BCUT2D eigenvalue weighted by molar-refractivity contribution is -0.384. The van der Waals surface area contributed by atoms with Crippen molar-refractivity contribution in [3.05, 3.63) is 81.0 Å². The predicted octanol–water partition coefficient (Wildman–Crippen LogP) is 4.69. The monoisotopic (exact) mass is 556 g/mol. The van der Waals surface area contributed by atoms with Gasteiger partial charge in [0.05, 0.1) is 16.2 Å². The number of rotatable bonds is 7. The third kappa shape index (κ3) is 5.81. The zero-order valence-corrected chi connectivity index (χ0v) is 22.2. The number of fused-ring (bicyclic) bond motifs is 1. The number of nitrogens with zero attached hydrogens (tertiary/aromatic N) is 6. The van der Waals surface area contributed by atoms with E-state index in [1.165, 1.54) is 36.4 Å². The molecule has 0 bridgehead atoms. The summed E-state index contributed by atoms with van der Waals surface area (Å²) < 4.78 is 41.3. The van der Waals surface area contributed by atoms with Crippen LogP contribution in [-0.4, -0.2) is 64.8 Å². The smallest absolute Gasteiger partial charge is 0.369 e. The first kappa shape index (κ1) is 27.6. The fraction of sp³-hybridized carbons (Fsp3) is 0.429. The van der Waals surface area contributed by atoms with E-state index in [-0.39, 0.29) is 11.6 Å². The quantitative estimate of drug-likeness (QED) is 0.310. The molecular weight excluding hydrogens is 525 g/mol. The highest BCUT2D eigenvalue weighted by molar-refractivity contribution is 6.06. The van der Waals surface area contributed by atoms with Crippen LogP contribution in [0, 0.1) is 10.1 Å². The number of aromatic nitrogens is 2. The van der Waals surface area contributed by atoms with Crippen molar-refractivity contribution in [3.8, 4) is 0 Å². The molecule has 1 aromatic heterocycles. The number of benzene rings is 2. The van der Waals surface area contributed by atoms with Gasteiger partial charge in [0.1, 0.15) is 5.82 Å². The first-order valence-corrected chi connectivity index (χ1v) is 13.4. The fourth-order valence-corrected chi connectivity index (χ4v) is 5.54. The Balaban J connectivity index is 1.31. The SMILES string of the molecule is Cn1nc2c(c1N(CCN1CCN(c3cccc(C(F)(F)F)c3)CC1)C(=O)c1ccc([N+](=O)[O-])cc1)CCCC2. The molecule has 0 spiro atoms. The van der Waals surface area contributed by atoms with E-state index < -0.39 is 16.7 Å². The second kappa shape index (κ2) is 11.3. The molecule has 12 heteroatoms. The van der Waals surface area contributed by atoms with Gasteiger partial charge < -0.3 is 4.90 Å². The number of non-ortho nitro benzene ring substituents is 1. The molecule has 5 rings (SSSR count). The van der Waals surface area contributed by atoms with Crippen LogP contribution in [0.2, 0.25) is 0 Å². The third-order valence-corrected chi connectivity index (χ3v) is 7.66. The standard InChI is InChI=1S/C28H31F3N6O3/c1-33-26(24-7-2-3-8-25(24)32-33)36(27(38)20-9-11-22(12-10-20)37(39)40)18-15-34-13-16-35(17-14-34)23-6-4-5-21(19-23)28(29,30)31/h4-6,9-12,19H,2-3,7-8,13-18H2,1H3. The molecule has 1 aliphatic carbocycles. The lowest BCUT2D eigenvalue weighted by Crippen LogP contribution is -2.49. The Morgan fingerprint density at radius 3 is 2.42 bits per heavy atom. The number of alkyl halides is 3. The summed E-state index contributed by atoms with van der Waals surface area (Å²) in [6.45, 7) is 3.36. The Labute approximate surface area is 229 Å². The topological polar surface area (TPSA) is 87.8 Å². The van der Waals surface area contributed by atoms with E-state index in [0.29, 0.717) is 50.5 Å². The van der Waals surface area contributed by atoms with Gasteiger partial charge >= 0.3 is 6.18 Å². The van der Waals surface area contributed by atoms with Gasteiger partial charge in [0.25, 0.3) is 11.6 Å². The average Bonchev–Trinajstić information content (AvgIpc) is 3.28. The number of anilines is 2. The number of hydrogen-bond acceptors (Lipinski definition) is 6. The summed E-state index contributed by atoms with van der Waals surface area (Å²) in [5.74, 6) is 0.495. The van der Waals surface area contributed by atoms with Gasteiger partial charge in [0.2, 0.25) is 0 Å². The van der Waals surface area contributed by atoms with Crippen LogP contribution in [0.3, 0.4) is 0 Å². The molecular formula is C28H31F3N6O3. The molecule has 1 saturated heterocycles. The third-order valence-electron chi connectivity index (χ3n) is 7.66. The van der Waals surface area contributed by atoms with Crippen molar-refractivity contribution >= 4 is 23.1 Å². The molecule has 212 valence electrons. The maximum atomic E-state index is 13.8. The summed E-state index contributed by atoms with van der Waals surface area (Å²) in [5, 5.41) is 15.8. The molecule has 0 N–H and O–H groups in total. The maximum absolute atomic E-state index is 13.8. The highest BCUT2D eigenvalue weighted by Crippen LogP contribution is 2.33. The molecule has 40 heavy (non-hydrogen) atoms. The summed E-state index contributed by atoms with van der Waals surface area (Å²) in [4.78, 5) is 30.2. The predicted molar refractivity (Wildman–Crippen MR) is 145 cm³/mol. The Morgan fingerprint density at radius 1 is 1.05 bits per heavy atom. The number of carbonyl (C=O) groups is 1. The van der Waals surface area contributed by atoms with Gasteiger partial charge in [-0.1, -0.05) is 6.07 Å². The van der Waals surface area contributed by atoms with Crippen molar-refractivity contribution in [2.45, 2.75) is 31.9 Å². The van der Waals surface area contributed by atoms with Gasteiger partial charge in [0, 0.05) is 75.3 Å². The number of aryl methyl sites for hydroxylation is 2. The number of nitro groups is 1. The van der Waals surface area contributed by atoms with Gasteiger partial charge in [-0.3, -0.25) is 29.4 Å². The molecule has 2 aliphatic rings.